The Morgan fingerprint density at radius 3 is 2.51 bits per heavy atom. The number of hydrogen-bond donors (Lipinski definition) is 1. The molecule has 3 aromatic rings. The molecule has 0 unspecified atom stereocenters. The lowest BCUT2D eigenvalue weighted by molar-refractivity contribution is -0.125. The topological polar surface area (TPSA) is 98.6 Å². The lowest BCUT2D eigenvalue weighted by Crippen LogP contribution is -2.42. The minimum absolute atomic E-state index is 0.0621. The van der Waals surface area contributed by atoms with Crippen molar-refractivity contribution in [3.8, 4) is 5.75 Å². The van der Waals surface area contributed by atoms with Crippen molar-refractivity contribution >= 4 is 11.9 Å². The van der Waals surface area contributed by atoms with E-state index in [1.54, 1.807) is 7.11 Å². The summed E-state index contributed by atoms with van der Waals surface area (Å²) in [6, 6.07) is 10.2. The van der Waals surface area contributed by atoms with Crippen LogP contribution in [0, 0.1) is 11.6 Å². The second kappa shape index (κ2) is 10.6. The highest BCUT2D eigenvalue weighted by molar-refractivity contribution is 5.86. The van der Waals surface area contributed by atoms with Crippen molar-refractivity contribution in [3.63, 3.8) is 0 Å². The number of halogens is 2. The van der Waals surface area contributed by atoms with Gasteiger partial charge in [-0.1, -0.05) is 23.4 Å². The molecule has 0 bridgehead atoms. The Hall–Kier alpha value is -3.86. The molecule has 1 aromatic heterocycles. The average Bonchev–Trinajstić information content (AvgIpc) is 3.52. The van der Waals surface area contributed by atoms with E-state index in [0.717, 1.165) is 23.4 Å². The Kier molecular flexibility index (Phi) is 7.35. The second-order valence-corrected chi connectivity index (χ2v) is 8.22. The monoisotopic (exact) mass is 485 g/mol. The maximum absolute atomic E-state index is 13.8. The number of esters is 1. The standard InChI is InChI=1S/C24H25F2N5O4/c1-34-18-6-3-15(4-7-18)11-27-23(32)22-10-17(31-14-21(28-29-31)24(33)35-2)13-30(22)12-16-5-8-19(25)20(26)9-16/h3-9,14,17,22H,10-13H2,1-2H3,(H,27,32)/t17-,22+/m1/s1. The molecule has 1 amide bonds. The van der Waals surface area contributed by atoms with E-state index in [1.807, 2.05) is 29.2 Å². The predicted octanol–water partition coefficient (Wildman–Crippen LogP) is 2.48. The largest absolute Gasteiger partial charge is 0.497 e. The maximum Gasteiger partial charge on any atom is 0.360 e. The fourth-order valence-electron chi connectivity index (χ4n) is 4.09. The highest BCUT2D eigenvalue weighted by Crippen LogP contribution is 2.29. The van der Waals surface area contributed by atoms with Crippen LogP contribution >= 0.6 is 0 Å². The molecule has 35 heavy (non-hydrogen) atoms. The fraction of sp³-hybridized carbons (Fsp3) is 0.333. The molecule has 1 N–H and O–H groups in total. The summed E-state index contributed by atoms with van der Waals surface area (Å²) in [6.07, 6.45) is 1.87. The summed E-state index contributed by atoms with van der Waals surface area (Å²) in [6.45, 7) is 0.940. The molecule has 0 saturated carbocycles. The first-order valence-electron chi connectivity index (χ1n) is 11.0. The summed E-state index contributed by atoms with van der Waals surface area (Å²) in [4.78, 5) is 26.8. The van der Waals surface area contributed by atoms with Gasteiger partial charge in [0.25, 0.3) is 0 Å². The molecular weight excluding hydrogens is 460 g/mol. The summed E-state index contributed by atoms with van der Waals surface area (Å²) in [5.41, 5.74) is 1.50. The van der Waals surface area contributed by atoms with Crippen molar-refractivity contribution in [3.05, 3.63) is 77.1 Å². The highest BCUT2D eigenvalue weighted by Gasteiger charge is 2.38. The minimum atomic E-state index is -0.947. The van der Waals surface area contributed by atoms with Crippen LogP contribution in [0.15, 0.2) is 48.7 Å². The van der Waals surface area contributed by atoms with Gasteiger partial charge in [0.15, 0.2) is 17.3 Å². The smallest absolute Gasteiger partial charge is 0.360 e. The number of carbonyl (C=O) groups is 2. The molecule has 9 nitrogen and oxygen atoms in total. The molecule has 1 aliphatic heterocycles. The molecule has 1 aliphatic rings. The maximum atomic E-state index is 13.8. The van der Waals surface area contributed by atoms with Gasteiger partial charge in [-0.3, -0.25) is 9.69 Å². The van der Waals surface area contributed by atoms with Gasteiger partial charge in [0.2, 0.25) is 5.91 Å². The van der Waals surface area contributed by atoms with Crippen LogP contribution in [-0.2, 0) is 22.6 Å². The van der Waals surface area contributed by atoms with Crippen molar-refractivity contribution in [2.24, 2.45) is 0 Å². The Morgan fingerprint density at radius 2 is 1.83 bits per heavy atom. The van der Waals surface area contributed by atoms with Gasteiger partial charge in [0.05, 0.1) is 32.5 Å². The Balaban J connectivity index is 1.50. The first-order valence-corrected chi connectivity index (χ1v) is 11.0. The Bertz CT molecular complexity index is 1200. The quantitative estimate of drug-likeness (QED) is 0.490. The molecule has 1 fully saturated rings. The Morgan fingerprint density at radius 1 is 1.09 bits per heavy atom. The fourth-order valence-corrected chi connectivity index (χ4v) is 4.09. The van der Waals surface area contributed by atoms with E-state index >= 15 is 0 Å². The number of nitrogens with zero attached hydrogens (tertiary/aromatic N) is 4. The van der Waals surface area contributed by atoms with Gasteiger partial charge in [-0.05, 0) is 41.8 Å². The normalized spacial score (nSPS) is 17.8. The molecule has 0 spiro atoms. The highest BCUT2D eigenvalue weighted by atomic mass is 19.2. The number of hydrogen-bond acceptors (Lipinski definition) is 7. The summed E-state index contributed by atoms with van der Waals surface area (Å²) in [7, 11) is 2.84. The van der Waals surface area contributed by atoms with E-state index in [9.17, 15) is 18.4 Å². The molecule has 1 saturated heterocycles. The summed E-state index contributed by atoms with van der Waals surface area (Å²) >= 11 is 0. The summed E-state index contributed by atoms with van der Waals surface area (Å²) < 4.78 is 38.5. The summed E-state index contributed by atoms with van der Waals surface area (Å²) in [5, 5.41) is 10.8. The molecular formula is C24H25F2N5O4. The number of ether oxygens (including phenoxy) is 2. The lowest BCUT2D eigenvalue weighted by atomic mass is 10.1. The summed E-state index contributed by atoms with van der Waals surface area (Å²) in [5.74, 6) is -1.98. The van der Waals surface area contributed by atoms with Crippen LogP contribution in [0.3, 0.4) is 0 Å². The van der Waals surface area contributed by atoms with E-state index in [1.165, 1.54) is 24.1 Å². The SMILES string of the molecule is COC(=O)c1cn([C@@H]2C[C@@H](C(=O)NCc3ccc(OC)cc3)N(Cc3ccc(F)c(F)c3)C2)nn1. The average molecular weight is 485 g/mol. The number of rotatable bonds is 8. The van der Waals surface area contributed by atoms with Gasteiger partial charge in [0.1, 0.15) is 5.75 Å². The number of amides is 1. The number of nitrogens with one attached hydrogen (secondary N) is 1. The van der Waals surface area contributed by atoms with Crippen LogP contribution in [0.4, 0.5) is 8.78 Å². The first-order chi connectivity index (χ1) is 16.9. The van der Waals surface area contributed by atoms with E-state index in [0.29, 0.717) is 25.1 Å². The van der Waals surface area contributed by atoms with Crippen LogP contribution in [0.1, 0.15) is 34.1 Å². The van der Waals surface area contributed by atoms with Gasteiger partial charge in [-0.15, -0.1) is 5.10 Å². The predicted molar refractivity (Wildman–Crippen MR) is 120 cm³/mol. The van der Waals surface area contributed by atoms with Crippen LogP contribution in [0.25, 0.3) is 0 Å². The molecule has 2 atom stereocenters. The number of benzene rings is 2. The molecule has 0 radical (unpaired) electrons. The first kappa shape index (κ1) is 24.3. The Labute approximate surface area is 200 Å². The zero-order valence-corrected chi connectivity index (χ0v) is 19.3. The zero-order chi connectivity index (χ0) is 24.9. The number of aromatic nitrogens is 3. The van der Waals surface area contributed by atoms with Gasteiger partial charge >= 0.3 is 5.97 Å². The molecule has 184 valence electrons. The van der Waals surface area contributed by atoms with Crippen molar-refractivity contribution < 1.29 is 27.8 Å². The number of carbonyl (C=O) groups excluding carboxylic acids is 2. The zero-order valence-electron chi connectivity index (χ0n) is 19.3. The molecule has 2 aromatic carbocycles. The molecule has 11 heteroatoms. The minimum Gasteiger partial charge on any atom is -0.497 e. The van der Waals surface area contributed by atoms with Crippen molar-refractivity contribution in [1.29, 1.82) is 0 Å². The van der Waals surface area contributed by atoms with Gasteiger partial charge in [-0.25, -0.2) is 18.3 Å². The number of likely N-dealkylation sites (tertiary alicyclic amines) is 1. The van der Waals surface area contributed by atoms with E-state index in [2.05, 4.69) is 20.4 Å². The van der Waals surface area contributed by atoms with Gasteiger partial charge in [0, 0.05) is 19.6 Å². The van der Waals surface area contributed by atoms with E-state index in [4.69, 9.17) is 4.74 Å². The van der Waals surface area contributed by atoms with Crippen LogP contribution in [-0.4, -0.2) is 58.6 Å². The van der Waals surface area contributed by atoms with Crippen LogP contribution in [0.5, 0.6) is 5.75 Å². The third kappa shape index (κ3) is 5.62. The van der Waals surface area contributed by atoms with Crippen LogP contribution in [0.2, 0.25) is 0 Å². The van der Waals surface area contributed by atoms with Crippen LogP contribution < -0.4 is 10.1 Å². The van der Waals surface area contributed by atoms with Gasteiger partial charge < -0.3 is 14.8 Å². The second-order valence-electron chi connectivity index (χ2n) is 8.22. The third-order valence-corrected chi connectivity index (χ3v) is 5.96. The molecule has 4 rings (SSSR count). The number of methoxy groups -OCH3 is 2. The third-order valence-electron chi connectivity index (χ3n) is 5.96. The van der Waals surface area contributed by atoms with E-state index < -0.39 is 23.6 Å². The van der Waals surface area contributed by atoms with E-state index in [-0.39, 0.29) is 24.2 Å². The van der Waals surface area contributed by atoms with Crippen molar-refractivity contribution in [2.75, 3.05) is 20.8 Å². The van der Waals surface area contributed by atoms with Crippen molar-refractivity contribution in [1.82, 2.24) is 25.2 Å². The molecule has 2 heterocycles. The van der Waals surface area contributed by atoms with Gasteiger partial charge in [-0.2, -0.15) is 0 Å². The lowest BCUT2D eigenvalue weighted by Gasteiger charge is -2.23. The molecule has 0 aliphatic carbocycles. The van der Waals surface area contributed by atoms with Crippen molar-refractivity contribution in [2.45, 2.75) is 31.6 Å².